The van der Waals surface area contributed by atoms with Gasteiger partial charge in [0, 0.05) is 11.1 Å². The number of phenols is 1. The Hall–Kier alpha value is -3.82. The summed E-state index contributed by atoms with van der Waals surface area (Å²) >= 11 is 0. The van der Waals surface area contributed by atoms with Crippen LogP contribution in [0.25, 0.3) is 22.8 Å². The summed E-state index contributed by atoms with van der Waals surface area (Å²) in [6.07, 6.45) is 1.41. The van der Waals surface area contributed by atoms with E-state index in [2.05, 4.69) is 19.1 Å². The van der Waals surface area contributed by atoms with Crippen molar-refractivity contribution in [1.29, 1.82) is 0 Å². The molecule has 1 aromatic heterocycles. The zero-order chi connectivity index (χ0) is 21.4. The van der Waals surface area contributed by atoms with Gasteiger partial charge in [-0.25, -0.2) is 15.0 Å². The molecule has 9 heteroatoms. The molecule has 4 rings (SSSR count). The third-order valence-corrected chi connectivity index (χ3v) is 4.08. The summed E-state index contributed by atoms with van der Waals surface area (Å²) in [5.74, 6) is 1.29. The van der Waals surface area contributed by atoms with E-state index in [1.807, 2.05) is 36.4 Å². The lowest BCUT2D eigenvalue weighted by Gasteiger charge is -2.05. The van der Waals surface area contributed by atoms with Crippen LogP contribution in [0.3, 0.4) is 0 Å². The molecule has 0 saturated carbocycles. The molecule has 0 aliphatic carbocycles. The first-order chi connectivity index (χ1) is 14.4. The maximum atomic E-state index is 10.7. The second-order valence-electron chi connectivity index (χ2n) is 5.87. The van der Waals surface area contributed by atoms with Gasteiger partial charge in [-0.15, -0.1) is 0 Å². The van der Waals surface area contributed by atoms with Crippen LogP contribution in [0.1, 0.15) is 0 Å². The molecule has 0 aliphatic heterocycles. The summed E-state index contributed by atoms with van der Waals surface area (Å²) in [6.45, 7) is 0. The fourth-order valence-corrected chi connectivity index (χ4v) is 2.73. The maximum absolute atomic E-state index is 10.7. The molecular formula is C21H17N3O5S. The molecule has 8 nitrogen and oxygen atoms in total. The summed E-state index contributed by atoms with van der Waals surface area (Å²) in [5, 5.41) is 8.63. The van der Waals surface area contributed by atoms with Crippen molar-refractivity contribution in [2.24, 2.45) is 0 Å². The van der Waals surface area contributed by atoms with Crippen LogP contribution in [-0.4, -0.2) is 33.0 Å². The number of phenolic OH excluding ortho intramolecular Hbond substituents is 1. The molecule has 4 aromatic rings. The van der Waals surface area contributed by atoms with Crippen molar-refractivity contribution in [1.82, 2.24) is 15.0 Å². The van der Waals surface area contributed by atoms with Crippen molar-refractivity contribution in [3.8, 4) is 34.3 Å². The molecule has 0 radical (unpaired) electrons. The average Bonchev–Trinajstić information content (AvgIpc) is 2.75. The quantitative estimate of drug-likeness (QED) is 0.476. The van der Waals surface area contributed by atoms with Gasteiger partial charge in [-0.05, 0) is 36.4 Å². The van der Waals surface area contributed by atoms with Crippen LogP contribution >= 0.6 is 0 Å². The fourth-order valence-electron chi connectivity index (χ4n) is 2.37. The van der Waals surface area contributed by atoms with Gasteiger partial charge >= 0.3 is 10.4 Å². The number of hydrogen-bond acceptors (Lipinski definition) is 7. The van der Waals surface area contributed by atoms with Crippen molar-refractivity contribution in [3.05, 3.63) is 91.3 Å². The Bertz CT molecular complexity index is 1190. The van der Waals surface area contributed by atoms with Crippen molar-refractivity contribution in [3.63, 3.8) is 0 Å². The molecule has 0 amide bonds. The van der Waals surface area contributed by atoms with Crippen LogP contribution in [0, 0.1) is 0 Å². The minimum absolute atomic E-state index is 0.00594. The van der Waals surface area contributed by atoms with Gasteiger partial charge < -0.3 is 9.29 Å². The third-order valence-electron chi connectivity index (χ3n) is 3.67. The van der Waals surface area contributed by atoms with Crippen LogP contribution in [0.5, 0.6) is 11.5 Å². The molecule has 0 unspecified atom stereocenters. The Morgan fingerprint density at radius 3 is 1.67 bits per heavy atom. The van der Waals surface area contributed by atoms with Gasteiger partial charge in [0.1, 0.15) is 17.8 Å². The Balaban J connectivity index is 0.000000310. The first kappa shape index (κ1) is 20.9. The normalized spacial score (nSPS) is 10.6. The minimum atomic E-state index is -4.54. The minimum Gasteiger partial charge on any atom is -0.508 e. The van der Waals surface area contributed by atoms with E-state index in [9.17, 15) is 8.42 Å². The van der Waals surface area contributed by atoms with Gasteiger partial charge in [0.25, 0.3) is 0 Å². The Kier molecular flexibility index (Phi) is 6.68. The molecule has 0 aliphatic rings. The number of rotatable bonds is 4. The van der Waals surface area contributed by atoms with Gasteiger partial charge in [0.15, 0.2) is 11.6 Å². The van der Waals surface area contributed by atoms with Crippen molar-refractivity contribution < 1.29 is 22.3 Å². The molecule has 0 bridgehead atoms. The van der Waals surface area contributed by atoms with Gasteiger partial charge in [-0.1, -0.05) is 48.5 Å². The smallest absolute Gasteiger partial charge is 0.446 e. The van der Waals surface area contributed by atoms with Crippen LogP contribution < -0.4 is 4.18 Å². The number of hydrogen-bond donors (Lipinski definition) is 2. The molecule has 0 saturated heterocycles. The fraction of sp³-hybridized carbons (Fsp3) is 0. The topological polar surface area (TPSA) is 123 Å². The summed E-state index contributed by atoms with van der Waals surface area (Å²) in [4.78, 5) is 12.6. The molecule has 1 heterocycles. The number of aromatic hydroxyl groups is 1. The van der Waals surface area contributed by atoms with E-state index in [4.69, 9.17) is 9.66 Å². The zero-order valence-corrected chi connectivity index (χ0v) is 16.3. The number of para-hydroxylation sites is 1. The average molecular weight is 423 g/mol. The van der Waals surface area contributed by atoms with Gasteiger partial charge in [-0.3, -0.25) is 4.55 Å². The number of aromatic nitrogens is 3. The lowest BCUT2D eigenvalue weighted by molar-refractivity contribution is 0.387. The maximum Gasteiger partial charge on any atom is 0.446 e. The zero-order valence-electron chi connectivity index (χ0n) is 15.5. The monoisotopic (exact) mass is 423 g/mol. The molecule has 152 valence electrons. The summed E-state index contributed by atoms with van der Waals surface area (Å²) in [7, 11) is -4.54. The SMILES string of the molecule is O=S(=O)(O)Oc1ccc(-c2ncnc(-c3ccccc3)n2)cc1.Oc1ccccc1. The summed E-state index contributed by atoms with van der Waals surface area (Å²) < 4.78 is 34.3. The molecule has 3 aromatic carbocycles. The van der Waals surface area contributed by atoms with Gasteiger partial charge in [0.05, 0.1) is 0 Å². The van der Waals surface area contributed by atoms with E-state index in [1.54, 1.807) is 36.4 Å². The highest BCUT2D eigenvalue weighted by Crippen LogP contribution is 2.22. The predicted molar refractivity (Wildman–Crippen MR) is 111 cm³/mol. The highest BCUT2D eigenvalue weighted by atomic mass is 32.3. The highest BCUT2D eigenvalue weighted by molar-refractivity contribution is 7.81. The Labute approximate surface area is 173 Å². The highest BCUT2D eigenvalue weighted by Gasteiger charge is 2.09. The van der Waals surface area contributed by atoms with Gasteiger partial charge in [-0.2, -0.15) is 8.42 Å². The standard InChI is InChI=1S/C15H11N3O4S.C6H6O/c19-23(20,21)22-13-8-6-12(7-9-13)15-17-10-16-14(18-15)11-4-2-1-3-5-11;7-6-4-2-1-3-5-6/h1-10H,(H,19,20,21);1-5,7H. The van der Waals surface area contributed by atoms with Crippen molar-refractivity contribution in [2.45, 2.75) is 0 Å². The second-order valence-corrected chi connectivity index (χ2v) is 6.89. The van der Waals surface area contributed by atoms with E-state index >= 15 is 0 Å². The molecule has 0 atom stereocenters. The molecule has 30 heavy (non-hydrogen) atoms. The molecule has 0 spiro atoms. The largest absolute Gasteiger partial charge is 0.508 e. The Morgan fingerprint density at radius 2 is 1.20 bits per heavy atom. The van der Waals surface area contributed by atoms with E-state index < -0.39 is 10.4 Å². The van der Waals surface area contributed by atoms with Crippen LogP contribution in [-0.2, 0) is 10.4 Å². The van der Waals surface area contributed by atoms with Crippen molar-refractivity contribution in [2.75, 3.05) is 0 Å². The third kappa shape index (κ3) is 6.36. The van der Waals surface area contributed by atoms with E-state index in [-0.39, 0.29) is 5.75 Å². The molecular weight excluding hydrogens is 406 g/mol. The molecule has 0 fully saturated rings. The van der Waals surface area contributed by atoms with E-state index in [0.717, 1.165) is 5.56 Å². The lowest BCUT2D eigenvalue weighted by atomic mass is 10.2. The lowest BCUT2D eigenvalue weighted by Crippen LogP contribution is -2.06. The van der Waals surface area contributed by atoms with Crippen molar-refractivity contribution >= 4 is 10.4 Å². The first-order valence-electron chi connectivity index (χ1n) is 8.66. The molecule has 2 N–H and O–H groups in total. The Morgan fingerprint density at radius 1 is 0.700 bits per heavy atom. The predicted octanol–water partition coefficient (Wildman–Crippen LogP) is 3.78. The van der Waals surface area contributed by atoms with Crippen LogP contribution in [0.15, 0.2) is 91.3 Å². The van der Waals surface area contributed by atoms with E-state index in [1.165, 1.54) is 18.5 Å². The summed E-state index contributed by atoms with van der Waals surface area (Å²) in [6, 6.07) is 24.1. The number of benzene rings is 3. The summed E-state index contributed by atoms with van der Waals surface area (Å²) in [5.41, 5.74) is 1.52. The second kappa shape index (κ2) is 9.59. The van der Waals surface area contributed by atoms with Crippen LogP contribution in [0.2, 0.25) is 0 Å². The number of nitrogens with zero attached hydrogens (tertiary/aromatic N) is 3. The first-order valence-corrected chi connectivity index (χ1v) is 10.0. The van der Waals surface area contributed by atoms with Crippen LogP contribution in [0.4, 0.5) is 0 Å². The van der Waals surface area contributed by atoms with E-state index in [0.29, 0.717) is 23.0 Å². The van der Waals surface area contributed by atoms with Gasteiger partial charge in [0.2, 0.25) is 0 Å².